The van der Waals surface area contributed by atoms with Gasteiger partial charge in [0.25, 0.3) is 0 Å². The molecule has 0 aromatic heterocycles. The Bertz CT molecular complexity index is 248. The quantitative estimate of drug-likeness (QED) is 0.725. The van der Waals surface area contributed by atoms with Crippen molar-refractivity contribution in [1.29, 1.82) is 0 Å². The van der Waals surface area contributed by atoms with E-state index in [0.29, 0.717) is 0 Å². The Balaban J connectivity index is 2.56. The molecule has 0 aliphatic rings. The fraction of sp³-hybridized carbons (Fsp3) is 0.455. The Morgan fingerprint density at radius 1 is 1.31 bits per heavy atom. The van der Waals surface area contributed by atoms with Gasteiger partial charge in [-0.1, -0.05) is 26.0 Å². The zero-order chi connectivity index (χ0) is 9.52. The molecule has 1 aromatic carbocycles. The summed E-state index contributed by atoms with van der Waals surface area (Å²) in [5.74, 6) is 1.14. The second-order valence-electron chi connectivity index (χ2n) is 2.86. The highest BCUT2D eigenvalue weighted by atomic mass is 32.2. The number of benzene rings is 1. The molecule has 0 bridgehead atoms. The van der Waals surface area contributed by atoms with E-state index in [2.05, 4.69) is 43.4 Å². The molecule has 0 aliphatic heterocycles. The van der Waals surface area contributed by atoms with E-state index in [9.17, 15) is 0 Å². The zero-order valence-corrected chi connectivity index (χ0v) is 9.16. The predicted octanol–water partition coefficient (Wildman–Crippen LogP) is 2.91. The van der Waals surface area contributed by atoms with Gasteiger partial charge in [-0.2, -0.15) is 0 Å². The topological polar surface area (TPSA) is 12.0 Å². The lowest BCUT2D eigenvalue weighted by Crippen LogP contribution is -2.11. The van der Waals surface area contributed by atoms with E-state index < -0.39 is 0 Å². The first-order chi connectivity index (χ1) is 6.36. The molecule has 0 amide bonds. The third-order valence-corrected chi connectivity index (χ3v) is 2.66. The summed E-state index contributed by atoms with van der Waals surface area (Å²) >= 11 is 1.90. The average Bonchev–Trinajstić information content (AvgIpc) is 2.16. The Morgan fingerprint density at radius 2 is 2.15 bits per heavy atom. The lowest BCUT2D eigenvalue weighted by molar-refractivity contribution is 0.725. The van der Waals surface area contributed by atoms with Gasteiger partial charge in [0.05, 0.1) is 0 Å². The summed E-state index contributed by atoms with van der Waals surface area (Å²) in [5, 5.41) is 3.32. The van der Waals surface area contributed by atoms with Crippen LogP contribution in [-0.2, 0) is 6.54 Å². The van der Waals surface area contributed by atoms with Crippen LogP contribution in [0.2, 0.25) is 0 Å². The van der Waals surface area contributed by atoms with Gasteiger partial charge in [-0.05, 0) is 30.0 Å². The highest BCUT2D eigenvalue weighted by Gasteiger charge is 1.94. The normalized spacial score (nSPS) is 10.3. The Kier molecular flexibility index (Phi) is 4.94. The molecule has 0 radical (unpaired) electrons. The number of rotatable bonds is 5. The van der Waals surface area contributed by atoms with Crippen molar-refractivity contribution in [2.24, 2.45) is 0 Å². The van der Waals surface area contributed by atoms with Gasteiger partial charge in [-0.3, -0.25) is 0 Å². The summed E-state index contributed by atoms with van der Waals surface area (Å²) in [6.45, 7) is 6.33. The van der Waals surface area contributed by atoms with Crippen molar-refractivity contribution < 1.29 is 0 Å². The average molecular weight is 195 g/mol. The van der Waals surface area contributed by atoms with Crippen molar-refractivity contribution in [3.63, 3.8) is 0 Å². The van der Waals surface area contributed by atoms with Crippen LogP contribution < -0.4 is 5.32 Å². The zero-order valence-electron chi connectivity index (χ0n) is 8.34. The van der Waals surface area contributed by atoms with E-state index in [0.717, 1.165) is 18.8 Å². The van der Waals surface area contributed by atoms with Crippen LogP contribution in [0.3, 0.4) is 0 Å². The van der Waals surface area contributed by atoms with Crippen molar-refractivity contribution in [3.05, 3.63) is 29.8 Å². The molecule has 13 heavy (non-hydrogen) atoms. The number of hydrogen-bond acceptors (Lipinski definition) is 2. The molecule has 0 unspecified atom stereocenters. The van der Waals surface area contributed by atoms with Gasteiger partial charge in [0.15, 0.2) is 0 Å². The lowest BCUT2D eigenvalue weighted by Gasteiger charge is -2.04. The largest absolute Gasteiger partial charge is 0.313 e. The maximum Gasteiger partial charge on any atom is 0.0205 e. The van der Waals surface area contributed by atoms with E-state index in [1.807, 2.05) is 11.8 Å². The molecule has 0 fully saturated rings. The maximum absolute atomic E-state index is 3.32. The van der Waals surface area contributed by atoms with Crippen molar-refractivity contribution in [1.82, 2.24) is 5.32 Å². The van der Waals surface area contributed by atoms with Crippen molar-refractivity contribution in [3.8, 4) is 0 Å². The van der Waals surface area contributed by atoms with Gasteiger partial charge in [0.2, 0.25) is 0 Å². The Morgan fingerprint density at radius 3 is 2.85 bits per heavy atom. The summed E-state index contributed by atoms with van der Waals surface area (Å²) in [4.78, 5) is 1.37. The van der Waals surface area contributed by atoms with Crippen molar-refractivity contribution in [2.75, 3.05) is 12.3 Å². The number of hydrogen-bond donors (Lipinski definition) is 1. The molecular formula is C11H17NS. The molecule has 0 saturated carbocycles. The van der Waals surface area contributed by atoms with Gasteiger partial charge in [0.1, 0.15) is 0 Å². The number of nitrogens with one attached hydrogen (secondary N) is 1. The highest BCUT2D eigenvalue weighted by molar-refractivity contribution is 7.99. The van der Waals surface area contributed by atoms with Crippen molar-refractivity contribution in [2.45, 2.75) is 25.3 Å². The van der Waals surface area contributed by atoms with Gasteiger partial charge in [-0.15, -0.1) is 11.8 Å². The van der Waals surface area contributed by atoms with E-state index in [1.165, 1.54) is 10.5 Å². The minimum Gasteiger partial charge on any atom is -0.313 e. The van der Waals surface area contributed by atoms with Gasteiger partial charge in [-0.25, -0.2) is 0 Å². The Hall–Kier alpha value is -0.470. The van der Waals surface area contributed by atoms with Crippen LogP contribution in [0.5, 0.6) is 0 Å². The van der Waals surface area contributed by atoms with Crippen LogP contribution in [0.25, 0.3) is 0 Å². The van der Waals surface area contributed by atoms with E-state index in [4.69, 9.17) is 0 Å². The molecule has 0 heterocycles. The second kappa shape index (κ2) is 6.06. The highest BCUT2D eigenvalue weighted by Crippen LogP contribution is 2.18. The van der Waals surface area contributed by atoms with Crippen LogP contribution in [-0.4, -0.2) is 12.3 Å². The first-order valence-electron chi connectivity index (χ1n) is 4.79. The molecule has 2 heteroatoms. The molecule has 0 aliphatic carbocycles. The van der Waals surface area contributed by atoms with Crippen LogP contribution >= 0.6 is 11.8 Å². The molecule has 0 saturated heterocycles. The smallest absolute Gasteiger partial charge is 0.0205 e. The van der Waals surface area contributed by atoms with Crippen molar-refractivity contribution >= 4 is 11.8 Å². The minimum absolute atomic E-state index is 0.981. The third kappa shape index (κ3) is 3.83. The molecule has 1 rings (SSSR count). The first kappa shape index (κ1) is 10.6. The standard InChI is InChI=1S/C11H17NS/c1-3-12-9-10-6-5-7-11(8-10)13-4-2/h5-8,12H,3-4,9H2,1-2H3. The monoisotopic (exact) mass is 195 g/mol. The molecule has 1 aromatic rings. The maximum atomic E-state index is 3.32. The fourth-order valence-corrected chi connectivity index (χ4v) is 1.92. The summed E-state index contributed by atoms with van der Waals surface area (Å²) in [5.41, 5.74) is 1.38. The summed E-state index contributed by atoms with van der Waals surface area (Å²) in [6, 6.07) is 8.73. The fourth-order valence-electron chi connectivity index (χ4n) is 1.18. The third-order valence-electron chi connectivity index (χ3n) is 1.79. The summed E-state index contributed by atoms with van der Waals surface area (Å²) < 4.78 is 0. The molecule has 72 valence electrons. The van der Waals surface area contributed by atoms with Crippen LogP contribution in [0.15, 0.2) is 29.2 Å². The van der Waals surface area contributed by atoms with Crippen LogP contribution in [0.1, 0.15) is 19.4 Å². The minimum atomic E-state index is 0.981. The SMILES string of the molecule is CCNCc1cccc(SCC)c1. The van der Waals surface area contributed by atoms with Gasteiger partial charge >= 0.3 is 0 Å². The van der Waals surface area contributed by atoms with Gasteiger partial charge in [0, 0.05) is 11.4 Å². The van der Waals surface area contributed by atoms with Crippen LogP contribution in [0, 0.1) is 0 Å². The second-order valence-corrected chi connectivity index (χ2v) is 4.20. The van der Waals surface area contributed by atoms with Gasteiger partial charge < -0.3 is 5.32 Å². The molecule has 1 N–H and O–H groups in total. The first-order valence-corrected chi connectivity index (χ1v) is 5.77. The molecule has 0 spiro atoms. The molecule has 1 nitrogen and oxygen atoms in total. The van der Waals surface area contributed by atoms with E-state index in [1.54, 1.807) is 0 Å². The number of thioether (sulfide) groups is 1. The molecule has 0 atom stereocenters. The summed E-state index contributed by atoms with van der Waals surface area (Å²) in [7, 11) is 0. The summed E-state index contributed by atoms with van der Waals surface area (Å²) in [6.07, 6.45) is 0. The predicted molar refractivity (Wildman–Crippen MR) is 60.2 cm³/mol. The Labute approximate surface area is 84.9 Å². The van der Waals surface area contributed by atoms with E-state index in [-0.39, 0.29) is 0 Å². The lowest BCUT2D eigenvalue weighted by atomic mass is 10.2. The molecular weight excluding hydrogens is 178 g/mol. The van der Waals surface area contributed by atoms with E-state index >= 15 is 0 Å². The van der Waals surface area contributed by atoms with Crippen LogP contribution in [0.4, 0.5) is 0 Å².